The van der Waals surface area contributed by atoms with Crippen LogP contribution in [0.3, 0.4) is 0 Å². The number of likely N-dealkylation sites (N-methyl/N-ethyl adjacent to an activating group) is 1. The lowest BCUT2D eigenvalue weighted by Crippen LogP contribution is -2.61. The summed E-state index contributed by atoms with van der Waals surface area (Å²) in [4.78, 5) is 124. The van der Waals surface area contributed by atoms with Crippen molar-refractivity contribution >= 4 is 53.2 Å². The molecule has 1 aromatic rings. The van der Waals surface area contributed by atoms with Crippen molar-refractivity contribution in [2.45, 2.75) is 205 Å². The molecule has 1 aromatic heterocycles. The summed E-state index contributed by atoms with van der Waals surface area (Å²) in [5.74, 6) is -8.01. The number of methoxy groups -OCH3 is 3. The summed E-state index contributed by atoms with van der Waals surface area (Å²) in [6, 6.07) is -2.06. The largest absolute Gasteiger partial charge is 0.459 e. The molecule has 103 heavy (non-hydrogen) atoms. The molecule has 4 aliphatic heterocycles. The lowest BCUT2D eigenvalue weighted by molar-refractivity contribution is -0.265. The van der Waals surface area contributed by atoms with Gasteiger partial charge in [0.2, 0.25) is 29.5 Å². The van der Waals surface area contributed by atoms with Crippen molar-refractivity contribution in [2.24, 2.45) is 35.3 Å². The number of aliphatic hydroxyl groups excluding tert-OH is 2. The fraction of sp³-hybridized carbons (Fsp3) is 0.730. The van der Waals surface area contributed by atoms with Crippen LogP contribution in [0.2, 0.25) is 0 Å². The number of ether oxygens (including phenoxy) is 8. The molecule has 5 amide bonds. The fourth-order valence-electron chi connectivity index (χ4n) is 14.1. The van der Waals surface area contributed by atoms with Crippen molar-refractivity contribution in [3.63, 3.8) is 0 Å². The van der Waals surface area contributed by atoms with Crippen LogP contribution in [-0.4, -0.2) is 268 Å². The molecular weight excluding hydrogens is 1330 g/mol. The average molecular weight is 1450 g/mol. The highest BCUT2D eigenvalue weighted by Gasteiger charge is 2.53. The molecular formula is C74H118N10O19. The highest BCUT2D eigenvalue weighted by Crippen LogP contribution is 2.38. The van der Waals surface area contributed by atoms with Gasteiger partial charge in [0.1, 0.15) is 30.5 Å². The van der Waals surface area contributed by atoms with Crippen molar-refractivity contribution in [3.8, 4) is 0 Å². The molecule has 0 unspecified atom stereocenters. The van der Waals surface area contributed by atoms with E-state index in [2.05, 4.69) is 25.9 Å². The van der Waals surface area contributed by atoms with Crippen LogP contribution in [0.25, 0.3) is 0 Å². The van der Waals surface area contributed by atoms with Crippen LogP contribution in [0, 0.1) is 29.6 Å². The summed E-state index contributed by atoms with van der Waals surface area (Å²) in [5, 5.41) is 43.2. The number of carbonyl (C=O) groups is 8. The number of fused-ring (bicyclic) bond motifs is 3. The van der Waals surface area contributed by atoms with Crippen LogP contribution < -0.4 is 26.6 Å². The number of hydrogen-bond donors (Lipinski definition) is 7. The van der Waals surface area contributed by atoms with E-state index in [1.54, 1.807) is 63.2 Å². The van der Waals surface area contributed by atoms with Crippen LogP contribution in [0.1, 0.15) is 138 Å². The van der Waals surface area contributed by atoms with E-state index in [-0.39, 0.29) is 81.4 Å². The molecule has 16 atom stereocenters. The monoisotopic (exact) mass is 1450 g/mol. The van der Waals surface area contributed by atoms with Gasteiger partial charge in [-0.15, -0.1) is 0 Å². The Balaban J connectivity index is 1.04. The molecule has 6 rings (SSSR count). The number of allylic oxidation sites excluding steroid dienone is 5. The number of piperidine rings is 1. The van der Waals surface area contributed by atoms with Gasteiger partial charge < -0.3 is 89.6 Å². The Kier molecular flexibility index (Phi) is 35.7. The van der Waals surface area contributed by atoms with E-state index in [0.29, 0.717) is 141 Å². The number of aliphatic hydroxyl groups is 3. The molecule has 2 bridgehead atoms. The van der Waals surface area contributed by atoms with Gasteiger partial charge in [-0.2, -0.15) is 0 Å². The third-order valence-electron chi connectivity index (χ3n) is 20.3. The van der Waals surface area contributed by atoms with Gasteiger partial charge in [0.05, 0.1) is 63.9 Å². The Morgan fingerprint density at radius 1 is 0.757 bits per heavy atom. The first-order valence-electron chi connectivity index (χ1n) is 36.8. The van der Waals surface area contributed by atoms with Gasteiger partial charge >= 0.3 is 12.1 Å². The molecule has 5 heterocycles. The molecule has 29 nitrogen and oxygen atoms in total. The number of alkyl carbamates (subject to hydrolysis) is 1. The van der Waals surface area contributed by atoms with Crippen molar-refractivity contribution in [1.29, 1.82) is 0 Å². The van der Waals surface area contributed by atoms with Gasteiger partial charge in [0, 0.05) is 135 Å². The Labute approximate surface area is 607 Å². The highest BCUT2D eigenvalue weighted by atomic mass is 16.6. The number of esters is 1. The Morgan fingerprint density at radius 3 is 2.16 bits per heavy atom. The van der Waals surface area contributed by atoms with Crippen molar-refractivity contribution < 1.29 is 91.6 Å². The second-order valence-corrected chi connectivity index (χ2v) is 28.4. The number of nitrogens with zero attached hydrogens (tertiary/aromatic N) is 6. The predicted molar refractivity (Wildman–Crippen MR) is 382 cm³/mol. The zero-order chi connectivity index (χ0) is 75.3. The van der Waals surface area contributed by atoms with Gasteiger partial charge in [-0.25, -0.2) is 19.6 Å². The van der Waals surface area contributed by atoms with Crippen LogP contribution in [0.5, 0.6) is 0 Å². The maximum atomic E-state index is 14.8. The summed E-state index contributed by atoms with van der Waals surface area (Å²) in [7, 11) is 6.29. The van der Waals surface area contributed by atoms with Gasteiger partial charge in [0.25, 0.3) is 11.7 Å². The van der Waals surface area contributed by atoms with Gasteiger partial charge in [0.15, 0.2) is 5.78 Å². The maximum Gasteiger partial charge on any atom is 0.407 e. The molecule has 0 spiro atoms. The fourth-order valence-corrected chi connectivity index (χ4v) is 14.1. The van der Waals surface area contributed by atoms with E-state index in [4.69, 9.17) is 43.6 Å². The number of aromatic nitrogens is 2. The number of amides is 5. The number of cyclic esters (lactones) is 1. The molecule has 4 fully saturated rings. The van der Waals surface area contributed by atoms with Gasteiger partial charge in [-0.05, 0) is 115 Å². The maximum absolute atomic E-state index is 14.8. The van der Waals surface area contributed by atoms with Crippen LogP contribution in [0.15, 0.2) is 60.0 Å². The third-order valence-corrected chi connectivity index (χ3v) is 20.3. The molecule has 578 valence electrons. The van der Waals surface area contributed by atoms with E-state index >= 15 is 0 Å². The van der Waals surface area contributed by atoms with Crippen molar-refractivity contribution in [2.75, 3.05) is 119 Å². The second-order valence-electron chi connectivity index (χ2n) is 28.4. The molecule has 29 heteroatoms. The van der Waals surface area contributed by atoms with E-state index in [1.165, 1.54) is 19.1 Å². The molecule has 1 saturated carbocycles. The Bertz CT molecular complexity index is 3020. The van der Waals surface area contributed by atoms with E-state index in [1.807, 2.05) is 63.0 Å². The Morgan fingerprint density at radius 2 is 1.47 bits per heavy atom. The number of anilines is 1. The van der Waals surface area contributed by atoms with Crippen LogP contribution >= 0.6 is 0 Å². The summed E-state index contributed by atoms with van der Waals surface area (Å²) in [5.41, 5.74) is 8.96. The summed E-state index contributed by atoms with van der Waals surface area (Å²) in [6.07, 6.45) is 11.1. The van der Waals surface area contributed by atoms with Crippen LogP contribution in [0.4, 0.5) is 10.7 Å². The zero-order valence-electron chi connectivity index (χ0n) is 62.5. The van der Waals surface area contributed by atoms with Crippen molar-refractivity contribution in [3.05, 3.63) is 65.6 Å². The van der Waals surface area contributed by atoms with Gasteiger partial charge in [-0.3, -0.25) is 33.7 Å². The molecule has 1 aliphatic carbocycles. The number of hydrogen-bond acceptors (Lipinski definition) is 24. The molecule has 5 aliphatic rings. The van der Waals surface area contributed by atoms with Gasteiger partial charge in [-0.1, -0.05) is 64.2 Å². The summed E-state index contributed by atoms with van der Waals surface area (Å²) in [6.45, 7) is 16.7. The predicted octanol–water partition coefficient (Wildman–Crippen LogP) is 3.64. The minimum absolute atomic E-state index is 0.0261. The number of ketones is 2. The minimum atomic E-state index is -2.49. The second kappa shape index (κ2) is 43.1. The number of Topliss-reactive ketones (excluding diaryl/α,β-unsaturated/α-hetero) is 2. The smallest absolute Gasteiger partial charge is 0.407 e. The molecule has 0 aromatic carbocycles. The van der Waals surface area contributed by atoms with Crippen LogP contribution in [-0.2, 0) is 78.0 Å². The molecule has 3 saturated heterocycles. The number of nitrogens with two attached hydrogens (primary N) is 1. The number of carbonyl (C=O) groups excluding carboxylic acids is 8. The summed E-state index contributed by atoms with van der Waals surface area (Å²) < 4.78 is 47.4. The van der Waals surface area contributed by atoms with E-state index < -0.39 is 114 Å². The first-order valence-corrected chi connectivity index (χ1v) is 36.8. The van der Waals surface area contributed by atoms with Crippen molar-refractivity contribution in [1.82, 2.24) is 40.6 Å². The zero-order valence-corrected chi connectivity index (χ0v) is 62.5. The lowest BCUT2D eigenvalue weighted by Gasteiger charge is -2.43. The number of piperazine rings is 1. The van der Waals surface area contributed by atoms with E-state index in [9.17, 15) is 53.7 Å². The third kappa shape index (κ3) is 26.4. The highest BCUT2D eigenvalue weighted by molar-refractivity contribution is 6.39. The normalized spacial score (nSPS) is 31.3. The first kappa shape index (κ1) is 85.3. The molecule has 8 N–H and O–H groups in total. The number of rotatable bonds is 24. The standard InChI is InChI=1S/C74H118N10O19/c1-12-76-63(85)25-32-99-34-35-100-33-26-77-64(86)45-81(8)46-65(87)82-28-30-83(31-29-82)72-78-42-54(43-79-72)44-80-73(94)102-58-24-22-53(39-62(58)98-11)38-56(75)61-41-60(97-10)49(4)37-51(6)67(89)68(90)66(88)50(5)36-47(2)18-14-13-15-19-48(3)59(96-9)40-55-23-21-52(7)74(95,103-55)69(91)70(92)84-27-17-16-20-57(84)71(93)101-61/h13-15,18-19,37,42-43,47,49-50,52-53,55-62,67-68,89-90,95H,12,16-17,20-36,38-41,44-46,75H2,1-11H3,(H,76,85)(H,77,86)(H,80,94)/b15-13+,18-14+,48-19+,51-37+/t47-,49-,50-,52-,53+,55+,56-,57+,58-,59+,60-,61+,62-,67-,68+,74-/m1/s1. The quantitative estimate of drug-likeness (QED) is 0.0336. The summed E-state index contributed by atoms with van der Waals surface area (Å²) >= 11 is 0. The average Bonchev–Trinajstić information content (AvgIpc) is 0.774. The minimum Gasteiger partial charge on any atom is -0.459 e. The topological polar surface area (TPSA) is 372 Å². The SMILES string of the molecule is CCNC(=O)CCOCCOCCNC(=O)CN(C)CC(=O)N1CCN(c2ncc(CNC(=O)O[C@@H]3CC[C@@H](C[C@@H](N)[C@@H]4C[C@@H](OC)[C@H](C)/C=C(\C)[C@@H](O)[C@@H](O)C(=O)[C@H](C)C[C@H](C)/C=C/C=C/C=C(\C)[C@@H](OC)C[C@@H]5CC[C@@H](C)[C@@](O)(O5)C(=O)C(=O)N5CCCC[C@H]5C(=O)O4)C[C@H]3OC)cn2)CC1. The Hall–Kier alpha value is -6.64. The lowest BCUT2D eigenvalue weighted by atomic mass is 9.80. The number of nitrogens with one attached hydrogen (secondary N) is 3. The van der Waals surface area contributed by atoms with E-state index in [0.717, 1.165) is 5.57 Å². The first-order chi connectivity index (χ1) is 49.2. The molecule has 0 radical (unpaired) electrons.